The molecule has 5 nitrogen and oxygen atoms in total. The normalized spacial score (nSPS) is 15.2. The zero-order chi connectivity index (χ0) is 22.9. The van der Waals surface area contributed by atoms with Crippen LogP contribution in [0, 0.1) is 0 Å². The lowest BCUT2D eigenvalue weighted by Gasteiger charge is -2.35. The van der Waals surface area contributed by atoms with Gasteiger partial charge in [0, 0.05) is 47.5 Å². The van der Waals surface area contributed by atoms with Crippen LogP contribution in [0.1, 0.15) is 4.88 Å². The highest BCUT2D eigenvalue weighted by Crippen LogP contribution is 2.34. The maximum atomic E-state index is 12.8. The van der Waals surface area contributed by atoms with Gasteiger partial charge >= 0.3 is 0 Å². The number of hydrogen-bond acceptors (Lipinski definition) is 6. The van der Waals surface area contributed by atoms with Crippen molar-refractivity contribution in [3.8, 4) is 11.1 Å². The number of halogens is 2. The highest BCUT2D eigenvalue weighted by atomic mass is 35.5. The van der Waals surface area contributed by atoms with Crippen LogP contribution in [-0.4, -0.2) is 48.0 Å². The molecule has 0 radical (unpaired) electrons. The van der Waals surface area contributed by atoms with Crippen LogP contribution in [-0.2, 0) is 11.2 Å². The summed E-state index contributed by atoms with van der Waals surface area (Å²) < 4.78 is 1.11. The first-order valence-electron chi connectivity index (χ1n) is 10.6. The number of piperazine rings is 1. The number of anilines is 1. The monoisotopic (exact) mass is 516 g/mol. The summed E-state index contributed by atoms with van der Waals surface area (Å²) in [5.74, 6) is 0.0252. The number of benzene rings is 2. The minimum absolute atomic E-state index is 0.0252. The Morgan fingerprint density at radius 3 is 2.48 bits per heavy atom. The van der Waals surface area contributed by atoms with Gasteiger partial charge in [0.25, 0.3) is 0 Å². The minimum Gasteiger partial charge on any atom is -0.345 e. The molecule has 1 fully saturated rings. The highest BCUT2D eigenvalue weighted by Gasteiger charge is 2.26. The topological polar surface area (TPSA) is 62.5 Å². The summed E-state index contributed by atoms with van der Waals surface area (Å²) in [5, 5.41) is 4.22. The molecule has 3 heterocycles. The van der Waals surface area contributed by atoms with Gasteiger partial charge in [0.2, 0.25) is 5.91 Å². The van der Waals surface area contributed by atoms with Crippen molar-refractivity contribution in [2.75, 3.05) is 31.1 Å². The number of thiazole rings is 1. The molecule has 1 saturated heterocycles. The number of fused-ring (bicyclic) bond motifs is 1. The van der Waals surface area contributed by atoms with E-state index in [9.17, 15) is 4.79 Å². The molecular weight excluding hydrogens is 495 g/mol. The van der Waals surface area contributed by atoms with Crippen LogP contribution < -0.4 is 10.6 Å². The predicted octanol–water partition coefficient (Wildman–Crippen LogP) is 5.55. The lowest BCUT2D eigenvalue weighted by molar-refractivity contribution is -0.132. The lowest BCUT2D eigenvalue weighted by atomic mass is 10.1. The molecule has 0 unspecified atom stereocenters. The van der Waals surface area contributed by atoms with E-state index in [0.717, 1.165) is 44.4 Å². The standard InChI is InChI=1S/C24H22Cl2N4OS2/c25-17-10-16(11-18(26)13-17)15-3-4-21-22(12-15)33-24(28-21)30-7-5-29(6-8-30)23(31)20(27)14-19-2-1-9-32-19/h1-4,9-13,20H,5-8,14,27H2/t20-/m0/s1. The second-order valence-electron chi connectivity index (χ2n) is 8.04. The van der Waals surface area contributed by atoms with Crippen molar-refractivity contribution in [1.82, 2.24) is 9.88 Å². The summed E-state index contributed by atoms with van der Waals surface area (Å²) >= 11 is 15.7. The Bertz CT molecular complexity index is 1260. The number of carbonyl (C=O) groups is 1. The smallest absolute Gasteiger partial charge is 0.239 e. The predicted molar refractivity (Wildman–Crippen MR) is 140 cm³/mol. The van der Waals surface area contributed by atoms with Crippen LogP contribution in [0.4, 0.5) is 5.13 Å². The number of carbonyl (C=O) groups excluding carboxylic acids is 1. The molecule has 1 aliphatic rings. The van der Waals surface area contributed by atoms with Gasteiger partial charge in [-0.3, -0.25) is 4.79 Å². The molecule has 2 aromatic carbocycles. The van der Waals surface area contributed by atoms with Crippen LogP contribution >= 0.6 is 45.9 Å². The highest BCUT2D eigenvalue weighted by molar-refractivity contribution is 7.22. The number of nitrogens with two attached hydrogens (primary N) is 1. The van der Waals surface area contributed by atoms with Gasteiger partial charge in [0.1, 0.15) is 0 Å². The van der Waals surface area contributed by atoms with Gasteiger partial charge in [-0.1, -0.05) is 46.7 Å². The fraction of sp³-hybridized carbons (Fsp3) is 0.250. The zero-order valence-electron chi connectivity index (χ0n) is 17.7. The van der Waals surface area contributed by atoms with Gasteiger partial charge in [-0.2, -0.15) is 0 Å². The molecule has 170 valence electrons. The Morgan fingerprint density at radius 2 is 1.79 bits per heavy atom. The average molecular weight is 518 g/mol. The van der Waals surface area contributed by atoms with Crippen molar-refractivity contribution in [3.05, 3.63) is 68.8 Å². The van der Waals surface area contributed by atoms with Gasteiger partial charge in [-0.15, -0.1) is 11.3 Å². The molecule has 0 bridgehead atoms. The quantitative estimate of drug-likeness (QED) is 0.377. The molecule has 2 N–H and O–H groups in total. The fourth-order valence-corrected chi connectivity index (χ4v) is 6.38. The maximum absolute atomic E-state index is 12.8. The van der Waals surface area contributed by atoms with Crippen molar-refractivity contribution < 1.29 is 4.79 Å². The Balaban J connectivity index is 1.26. The number of aromatic nitrogens is 1. The zero-order valence-corrected chi connectivity index (χ0v) is 20.9. The molecule has 1 amide bonds. The van der Waals surface area contributed by atoms with Gasteiger partial charge in [0.15, 0.2) is 5.13 Å². The van der Waals surface area contributed by atoms with E-state index in [0.29, 0.717) is 29.6 Å². The van der Waals surface area contributed by atoms with E-state index in [1.807, 2.05) is 46.7 Å². The molecule has 2 aromatic heterocycles. The number of rotatable bonds is 5. The Hall–Kier alpha value is -2.16. The van der Waals surface area contributed by atoms with Crippen LogP contribution in [0.2, 0.25) is 10.0 Å². The first-order valence-corrected chi connectivity index (χ1v) is 13.1. The van der Waals surface area contributed by atoms with Crippen molar-refractivity contribution in [1.29, 1.82) is 0 Å². The molecule has 4 aromatic rings. The van der Waals surface area contributed by atoms with Crippen molar-refractivity contribution in [3.63, 3.8) is 0 Å². The number of hydrogen-bond donors (Lipinski definition) is 1. The summed E-state index contributed by atoms with van der Waals surface area (Å²) in [7, 11) is 0. The Morgan fingerprint density at radius 1 is 1.03 bits per heavy atom. The summed E-state index contributed by atoms with van der Waals surface area (Å²) in [6, 6.07) is 15.3. The van der Waals surface area contributed by atoms with E-state index in [4.69, 9.17) is 33.9 Å². The van der Waals surface area contributed by atoms with Crippen molar-refractivity contribution >= 4 is 67.1 Å². The van der Waals surface area contributed by atoms with E-state index in [1.54, 1.807) is 28.7 Å². The lowest BCUT2D eigenvalue weighted by Crippen LogP contribution is -2.53. The summed E-state index contributed by atoms with van der Waals surface area (Å²) in [5.41, 5.74) is 9.19. The average Bonchev–Trinajstić information content (AvgIpc) is 3.47. The molecule has 9 heteroatoms. The van der Waals surface area contributed by atoms with Gasteiger partial charge in [0.05, 0.1) is 16.3 Å². The van der Waals surface area contributed by atoms with Crippen LogP contribution in [0.3, 0.4) is 0 Å². The van der Waals surface area contributed by atoms with E-state index in [2.05, 4.69) is 11.0 Å². The van der Waals surface area contributed by atoms with Gasteiger partial charge in [-0.05, 0) is 52.9 Å². The second-order valence-corrected chi connectivity index (χ2v) is 11.0. The Kier molecular flexibility index (Phi) is 6.58. The van der Waals surface area contributed by atoms with E-state index >= 15 is 0 Å². The SMILES string of the molecule is N[C@@H](Cc1cccs1)C(=O)N1CCN(c2nc3ccc(-c4cc(Cl)cc(Cl)c4)cc3s2)CC1. The molecule has 0 spiro atoms. The van der Waals surface area contributed by atoms with Crippen LogP contribution in [0.5, 0.6) is 0 Å². The second kappa shape index (κ2) is 9.60. The first kappa shape index (κ1) is 22.6. The molecule has 0 saturated carbocycles. The summed E-state index contributed by atoms with van der Waals surface area (Å²) in [6.07, 6.45) is 0.592. The molecule has 33 heavy (non-hydrogen) atoms. The number of amides is 1. The largest absolute Gasteiger partial charge is 0.345 e. The minimum atomic E-state index is -0.490. The summed E-state index contributed by atoms with van der Waals surface area (Å²) in [6.45, 7) is 2.79. The van der Waals surface area contributed by atoms with Gasteiger partial charge < -0.3 is 15.5 Å². The molecular formula is C24H22Cl2N4OS2. The van der Waals surface area contributed by atoms with Crippen molar-refractivity contribution in [2.24, 2.45) is 5.73 Å². The van der Waals surface area contributed by atoms with Crippen LogP contribution in [0.15, 0.2) is 53.9 Å². The third kappa shape index (κ3) is 5.03. The molecule has 1 atom stereocenters. The summed E-state index contributed by atoms with van der Waals surface area (Å²) in [4.78, 5) is 22.9. The molecule has 1 aliphatic heterocycles. The van der Waals surface area contributed by atoms with Gasteiger partial charge in [-0.25, -0.2) is 4.98 Å². The van der Waals surface area contributed by atoms with Crippen LogP contribution in [0.25, 0.3) is 21.3 Å². The number of thiophene rings is 1. The number of nitrogens with zero attached hydrogens (tertiary/aromatic N) is 3. The third-order valence-electron chi connectivity index (χ3n) is 5.75. The first-order chi connectivity index (χ1) is 16.0. The molecule has 5 rings (SSSR count). The van der Waals surface area contributed by atoms with Crippen molar-refractivity contribution in [2.45, 2.75) is 12.5 Å². The maximum Gasteiger partial charge on any atom is 0.239 e. The van der Waals surface area contributed by atoms with E-state index < -0.39 is 6.04 Å². The fourth-order valence-electron chi connectivity index (χ4n) is 4.03. The van der Waals surface area contributed by atoms with E-state index in [1.165, 1.54) is 0 Å². The Labute approximate surface area is 210 Å². The van der Waals surface area contributed by atoms with E-state index in [-0.39, 0.29) is 5.91 Å². The third-order valence-corrected chi connectivity index (χ3v) is 8.17. The molecule has 0 aliphatic carbocycles.